The van der Waals surface area contributed by atoms with Crippen LogP contribution in [0.1, 0.15) is 21.5 Å². The minimum atomic E-state index is -0.475. The monoisotopic (exact) mass is 284 g/mol. The summed E-state index contributed by atoms with van der Waals surface area (Å²) in [6.45, 7) is 0. The van der Waals surface area contributed by atoms with Crippen molar-refractivity contribution in [3.63, 3.8) is 0 Å². The molecule has 21 heavy (non-hydrogen) atoms. The van der Waals surface area contributed by atoms with Crippen LogP contribution < -0.4 is 4.74 Å². The van der Waals surface area contributed by atoms with Gasteiger partial charge in [-0.05, 0) is 29.8 Å². The number of phenolic OH excluding ortho intramolecular Hbond substituents is 2. The van der Waals surface area contributed by atoms with Crippen LogP contribution in [0.5, 0.6) is 17.2 Å². The highest BCUT2D eigenvalue weighted by Gasteiger charge is 2.29. The fourth-order valence-corrected chi connectivity index (χ4v) is 2.21. The van der Waals surface area contributed by atoms with E-state index in [0.29, 0.717) is 28.2 Å². The first-order valence-electron chi connectivity index (χ1n) is 6.23. The van der Waals surface area contributed by atoms with Gasteiger partial charge in [0, 0.05) is 5.56 Å². The van der Waals surface area contributed by atoms with Gasteiger partial charge in [0.25, 0.3) is 0 Å². The normalized spacial score (nSPS) is 14.9. The molecule has 1 heterocycles. The molecule has 0 spiro atoms. The van der Waals surface area contributed by atoms with E-state index in [0.717, 1.165) is 0 Å². The Bertz CT molecular complexity index is 761. The Balaban J connectivity index is 2.08. The number of cyclic esters (lactones) is 1. The molecule has 0 saturated heterocycles. The van der Waals surface area contributed by atoms with Gasteiger partial charge in [-0.25, -0.2) is 4.79 Å². The van der Waals surface area contributed by atoms with Crippen molar-refractivity contribution < 1.29 is 24.5 Å². The van der Waals surface area contributed by atoms with Crippen LogP contribution >= 0.6 is 0 Å². The Hall–Kier alpha value is -2.95. The van der Waals surface area contributed by atoms with Gasteiger partial charge < -0.3 is 19.7 Å². The van der Waals surface area contributed by atoms with Crippen molar-refractivity contribution in [2.45, 2.75) is 0 Å². The Kier molecular flexibility index (Phi) is 3.02. The summed E-state index contributed by atoms with van der Waals surface area (Å²) in [5.74, 6) is -0.0904. The van der Waals surface area contributed by atoms with Crippen molar-refractivity contribution in [2.75, 3.05) is 7.11 Å². The predicted molar refractivity (Wildman–Crippen MR) is 76.1 cm³/mol. The average Bonchev–Trinajstić information content (AvgIpc) is 2.80. The van der Waals surface area contributed by atoms with E-state index in [1.807, 2.05) is 0 Å². The van der Waals surface area contributed by atoms with E-state index in [1.54, 1.807) is 30.3 Å². The van der Waals surface area contributed by atoms with Gasteiger partial charge in [-0.3, -0.25) is 0 Å². The minimum Gasteiger partial charge on any atom is -0.504 e. The molecule has 106 valence electrons. The summed E-state index contributed by atoms with van der Waals surface area (Å²) in [4.78, 5) is 11.9. The summed E-state index contributed by atoms with van der Waals surface area (Å²) in [5.41, 5.74) is 1.62. The fourth-order valence-electron chi connectivity index (χ4n) is 2.21. The van der Waals surface area contributed by atoms with Crippen LogP contribution in [0.25, 0.3) is 11.8 Å². The highest BCUT2D eigenvalue weighted by atomic mass is 16.5. The van der Waals surface area contributed by atoms with Gasteiger partial charge in [0.05, 0.1) is 7.11 Å². The van der Waals surface area contributed by atoms with Crippen molar-refractivity contribution in [3.05, 3.63) is 53.1 Å². The molecule has 0 fully saturated rings. The molecule has 2 aromatic rings. The van der Waals surface area contributed by atoms with E-state index in [1.165, 1.54) is 19.2 Å². The molecule has 0 aliphatic carbocycles. The van der Waals surface area contributed by atoms with Crippen LogP contribution in [0.3, 0.4) is 0 Å². The summed E-state index contributed by atoms with van der Waals surface area (Å²) in [5, 5.41) is 18.8. The maximum absolute atomic E-state index is 11.9. The summed E-state index contributed by atoms with van der Waals surface area (Å²) in [6, 6.07) is 9.57. The number of phenols is 2. The number of benzene rings is 2. The quantitative estimate of drug-likeness (QED) is 0.655. The second-order valence-corrected chi connectivity index (χ2v) is 4.53. The number of fused-ring (bicyclic) bond motifs is 1. The molecule has 0 saturated carbocycles. The van der Waals surface area contributed by atoms with Crippen LogP contribution in [0, 0.1) is 0 Å². The zero-order chi connectivity index (χ0) is 15.0. The molecule has 5 heteroatoms. The van der Waals surface area contributed by atoms with Crippen molar-refractivity contribution in [1.29, 1.82) is 0 Å². The number of hydrogen-bond acceptors (Lipinski definition) is 5. The largest absolute Gasteiger partial charge is 0.504 e. The van der Waals surface area contributed by atoms with Crippen LogP contribution in [0.2, 0.25) is 0 Å². The molecule has 2 N–H and O–H groups in total. The number of carbonyl (C=O) groups is 1. The molecule has 1 aliphatic rings. The number of aromatic hydroxyl groups is 2. The SMILES string of the molecule is COc1cccc2c1C(=O)O/C2=C\c1ccc(O)c(O)c1. The summed E-state index contributed by atoms with van der Waals surface area (Å²) in [6.07, 6.45) is 1.61. The van der Waals surface area contributed by atoms with Gasteiger partial charge in [0.2, 0.25) is 0 Å². The topological polar surface area (TPSA) is 76.0 Å². The number of carbonyl (C=O) groups excluding carboxylic acids is 1. The molecule has 0 amide bonds. The lowest BCUT2D eigenvalue weighted by atomic mass is 10.1. The Morgan fingerprint density at radius 3 is 2.67 bits per heavy atom. The molecule has 5 nitrogen and oxygen atoms in total. The van der Waals surface area contributed by atoms with Crippen LogP contribution in [-0.2, 0) is 4.74 Å². The number of esters is 1. The maximum Gasteiger partial charge on any atom is 0.348 e. The highest BCUT2D eigenvalue weighted by Crippen LogP contribution is 2.37. The Labute approximate surface area is 120 Å². The highest BCUT2D eigenvalue weighted by molar-refractivity contribution is 6.07. The summed E-state index contributed by atoms with van der Waals surface area (Å²) in [7, 11) is 1.49. The van der Waals surface area contributed by atoms with Gasteiger partial charge in [-0.1, -0.05) is 18.2 Å². The zero-order valence-corrected chi connectivity index (χ0v) is 11.2. The third-order valence-electron chi connectivity index (χ3n) is 3.22. The lowest BCUT2D eigenvalue weighted by Gasteiger charge is -2.03. The smallest absolute Gasteiger partial charge is 0.348 e. The molecule has 2 aromatic carbocycles. The van der Waals surface area contributed by atoms with Gasteiger partial charge in [-0.15, -0.1) is 0 Å². The number of methoxy groups -OCH3 is 1. The molecule has 0 radical (unpaired) electrons. The van der Waals surface area contributed by atoms with Gasteiger partial charge in [-0.2, -0.15) is 0 Å². The third-order valence-corrected chi connectivity index (χ3v) is 3.22. The van der Waals surface area contributed by atoms with Crippen LogP contribution in [0.15, 0.2) is 36.4 Å². The van der Waals surface area contributed by atoms with E-state index in [9.17, 15) is 15.0 Å². The van der Waals surface area contributed by atoms with E-state index in [4.69, 9.17) is 9.47 Å². The summed E-state index contributed by atoms with van der Waals surface area (Å²) < 4.78 is 10.4. The van der Waals surface area contributed by atoms with Gasteiger partial charge in [0.1, 0.15) is 17.1 Å². The van der Waals surface area contributed by atoms with E-state index in [2.05, 4.69) is 0 Å². The summed E-state index contributed by atoms with van der Waals surface area (Å²) >= 11 is 0. The first-order valence-corrected chi connectivity index (χ1v) is 6.23. The molecular formula is C16H12O5. The minimum absolute atomic E-state index is 0.206. The van der Waals surface area contributed by atoms with Crippen molar-refractivity contribution >= 4 is 17.8 Å². The molecule has 0 atom stereocenters. The molecule has 3 rings (SSSR count). The Morgan fingerprint density at radius 1 is 1.14 bits per heavy atom. The lowest BCUT2D eigenvalue weighted by Crippen LogP contribution is -1.97. The third kappa shape index (κ3) is 2.18. The van der Waals surface area contributed by atoms with Crippen molar-refractivity contribution in [1.82, 2.24) is 0 Å². The molecule has 0 bridgehead atoms. The first-order chi connectivity index (χ1) is 10.1. The van der Waals surface area contributed by atoms with Gasteiger partial charge in [0.15, 0.2) is 11.5 Å². The fraction of sp³-hybridized carbons (Fsp3) is 0.0625. The number of rotatable bonds is 2. The average molecular weight is 284 g/mol. The second kappa shape index (κ2) is 4.86. The number of ether oxygens (including phenoxy) is 2. The molecule has 0 aromatic heterocycles. The Morgan fingerprint density at radius 2 is 1.95 bits per heavy atom. The first kappa shape index (κ1) is 13.1. The van der Waals surface area contributed by atoms with Crippen LogP contribution in [0.4, 0.5) is 0 Å². The van der Waals surface area contributed by atoms with E-state index in [-0.39, 0.29) is 11.5 Å². The van der Waals surface area contributed by atoms with E-state index >= 15 is 0 Å². The molecular weight excluding hydrogens is 272 g/mol. The number of hydrogen-bond donors (Lipinski definition) is 2. The van der Waals surface area contributed by atoms with E-state index < -0.39 is 5.97 Å². The predicted octanol–water partition coefficient (Wildman–Crippen LogP) is 2.77. The molecule has 1 aliphatic heterocycles. The van der Waals surface area contributed by atoms with Crippen molar-refractivity contribution in [2.24, 2.45) is 0 Å². The zero-order valence-electron chi connectivity index (χ0n) is 11.2. The lowest BCUT2D eigenvalue weighted by molar-refractivity contribution is 0.0714. The molecule has 0 unspecified atom stereocenters. The van der Waals surface area contributed by atoms with Crippen molar-refractivity contribution in [3.8, 4) is 17.2 Å². The van der Waals surface area contributed by atoms with Crippen LogP contribution in [-0.4, -0.2) is 23.3 Å². The maximum atomic E-state index is 11.9. The second-order valence-electron chi connectivity index (χ2n) is 4.53. The van der Waals surface area contributed by atoms with Gasteiger partial charge >= 0.3 is 5.97 Å². The standard InChI is InChI=1S/C16H12O5/c1-20-13-4-2-3-10-14(21-16(19)15(10)13)8-9-5-6-11(17)12(18)7-9/h2-8,17-18H,1H3/b14-8-.